The van der Waals surface area contributed by atoms with Crippen molar-refractivity contribution in [2.45, 2.75) is 19.9 Å². The molecule has 110 valence electrons. The normalized spacial score (nSPS) is 12.0. The number of benzene rings is 1. The maximum atomic E-state index is 11.6. The summed E-state index contributed by atoms with van der Waals surface area (Å²) in [7, 11) is 1.56. The van der Waals surface area contributed by atoms with Crippen LogP contribution in [0.4, 0.5) is 11.4 Å². The Bertz CT molecular complexity index is 715. The van der Waals surface area contributed by atoms with Crippen LogP contribution in [0.3, 0.4) is 0 Å². The van der Waals surface area contributed by atoms with Gasteiger partial charge in [0.05, 0.1) is 10.4 Å². The third-order valence-corrected chi connectivity index (χ3v) is 3.14. The Kier molecular flexibility index (Phi) is 4.02. The number of non-ortho nitro benzene ring substituents is 1. The molecule has 2 rings (SSSR count). The third-order valence-electron chi connectivity index (χ3n) is 3.14. The molecule has 1 unspecified atom stereocenters. The number of aryl methyl sites for hydroxylation is 1. The molecule has 0 spiro atoms. The molecule has 0 saturated carbocycles. The molecule has 1 atom stereocenters. The first-order chi connectivity index (χ1) is 9.92. The lowest BCUT2D eigenvalue weighted by Gasteiger charge is -2.16. The van der Waals surface area contributed by atoms with E-state index in [1.54, 1.807) is 26.1 Å². The second kappa shape index (κ2) is 5.74. The lowest BCUT2D eigenvalue weighted by Crippen LogP contribution is -2.35. The van der Waals surface area contributed by atoms with Crippen molar-refractivity contribution >= 4 is 28.2 Å². The number of amides is 1. The highest BCUT2D eigenvalue weighted by Crippen LogP contribution is 2.27. The van der Waals surface area contributed by atoms with Crippen molar-refractivity contribution < 1.29 is 9.72 Å². The Morgan fingerprint density at radius 1 is 1.38 bits per heavy atom. The van der Waals surface area contributed by atoms with Crippen molar-refractivity contribution in [1.82, 2.24) is 10.3 Å². The maximum absolute atomic E-state index is 11.6. The van der Waals surface area contributed by atoms with Gasteiger partial charge in [0.15, 0.2) is 0 Å². The fourth-order valence-electron chi connectivity index (χ4n) is 2.09. The second-order valence-corrected chi connectivity index (χ2v) is 4.75. The van der Waals surface area contributed by atoms with E-state index in [-0.39, 0.29) is 11.6 Å². The fraction of sp³-hybridized carbons (Fsp3) is 0.286. The van der Waals surface area contributed by atoms with Crippen LogP contribution in [0.5, 0.6) is 0 Å². The molecule has 7 heteroatoms. The second-order valence-electron chi connectivity index (χ2n) is 4.75. The first-order valence-electron chi connectivity index (χ1n) is 6.46. The summed E-state index contributed by atoms with van der Waals surface area (Å²) < 4.78 is 0. The Hall–Kier alpha value is -2.70. The number of pyridine rings is 1. The van der Waals surface area contributed by atoms with E-state index in [2.05, 4.69) is 15.6 Å². The van der Waals surface area contributed by atoms with E-state index in [4.69, 9.17) is 0 Å². The number of nitro benzene ring substituents is 1. The van der Waals surface area contributed by atoms with E-state index in [1.165, 1.54) is 12.1 Å². The Morgan fingerprint density at radius 2 is 2.10 bits per heavy atom. The molecule has 2 aromatic rings. The smallest absolute Gasteiger partial charge is 0.270 e. The summed E-state index contributed by atoms with van der Waals surface area (Å²) >= 11 is 0. The zero-order valence-corrected chi connectivity index (χ0v) is 12.0. The monoisotopic (exact) mass is 288 g/mol. The number of nitrogens with one attached hydrogen (secondary N) is 2. The van der Waals surface area contributed by atoms with E-state index in [9.17, 15) is 14.9 Å². The van der Waals surface area contributed by atoms with Crippen molar-refractivity contribution in [3.63, 3.8) is 0 Å². The average Bonchev–Trinajstić information content (AvgIpc) is 2.45. The van der Waals surface area contributed by atoms with Gasteiger partial charge in [-0.05, 0) is 26.0 Å². The van der Waals surface area contributed by atoms with Gasteiger partial charge in [0.25, 0.3) is 5.69 Å². The molecular weight excluding hydrogens is 272 g/mol. The van der Waals surface area contributed by atoms with Crippen LogP contribution >= 0.6 is 0 Å². The minimum Gasteiger partial charge on any atom is -0.373 e. The number of nitrogens with zero attached hydrogens (tertiary/aromatic N) is 2. The molecule has 0 aliphatic heterocycles. The highest BCUT2D eigenvalue weighted by atomic mass is 16.6. The van der Waals surface area contributed by atoms with Crippen molar-refractivity contribution in [1.29, 1.82) is 0 Å². The minimum absolute atomic E-state index is 0.0104. The van der Waals surface area contributed by atoms with Crippen LogP contribution < -0.4 is 10.6 Å². The number of hydrogen-bond donors (Lipinski definition) is 2. The number of hydrogen-bond acceptors (Lipinski definition) is 5. The van der Waals surface area contributed by atoms with Gasteiger partial charge < -0.3 is 10.6 Å². The molecule has 0 bridgehead atoms. The van der Waals surface area contributed by atoms with Crippen LogP contribution in [-0.2, 0) is 4.79 Å². The number of fused-ring (bicyclic) bond motifs is 1. The summed E-state index contributed by atoms with van der Waals surface area (Å²) in [6.07, 6.45) is 0. The summed E-state index contributed by atoms with van der Waals surface area (Å²) in [6, 6.07) is 5.79. The first-order valence-corrected chi connectivity index (χ1v) is 6.46. The zero-order chi connectivity index (χ0) is 15.6. The van der Waals surface area contributed by atoms with Crippen molar-refractivity contribution in [3.8, 4) is 0 Å². The topological polar surface area (TPSA) is 97.2 Å². The standard InChI is InChI=1S/C14H16N4O3/c1-8-6-13(17-9(2)14(19)15-3)11-7-10(18(20)21)4-5-12(11)16-8/h4-7,9H,1-3H3,(H,15,19)(H,16,17). The summed E-state index contributed by atoms with van der Waals surface area (Å²) in [5, 5.41) is 17.1. The molecule has 1 aromatic heterocycles. The highest BCUT2D eigenvalue weighted by molar-refractivity contribution is 5.95. The molecule has 0 aliphatic carbocycles. The zero-order valence-electron chi connectivity index (χ0n) is 12.0. The van der Waals surface area contributed by atoms with Gasteiger partial charge in [-0.25, -0.2) is 0 Å². The quantitative estimate of drug-likeness (QED) is 0.662. The molecule has 2 N–H and O–H groups in total. The molecule has 1 amide bonds. The van der Waals surface area contributed by atoms with Crippen molar-refractivity contribution in [3.05, 3.63) is 40.1 Å². The number of carbonyl (C=O) groups is 1. The summed E-state index contributed by atoms with van der Waals surface area (Å²) in [4.78, 5) is 26.4. The third kappa shape index (κ3) is 3.07. The van der Waals surface area contributed by atoms with Crippen LogP contribution in [0.25, 0.3) is 10.9 Å². The highest BCUT2D eigenvalue weighted by Gasteiger charge is 2.15. The van der Waals surface area contributed by atoms with Crippen molar-refractivity contribution in [2.24, 2.45) is 0 Å². The summed E-state index contributed by atoms with van der Waals surface area (Å²) in [6.45, 7) is 3.55. The van der Waals surface area contributed by atoms with Gasteiger partial charge in [-0.3, -0.25) is 19.9 Å². The van der Waals surface area contributed by atoms with E-state index >= 15 is 0 Å². The van der Waals surface area contributed by atoms with Crippen LogP contribution in [0.1, 0.15) is 12.6 Å². The number of carbonyl (C=O) groups excluding carboxylic acids is 1. The van der Waals surface area contributed by atoms with Crippen LogP contribution in [0, 0.1) is 17.0 Å². The Morgan fingerprint density at radius 3 is 2.71 bits per heavy atom. The SMILES string of the molecule is CNC(=O)C(C)Nc1cc(C)nc2ccc([N+](=O)[O-])cc12. The minimum atomic E-state index is -0.459. The molecule has 0 fully saturated rings. The van der Waals surface area contributed by atoms with Gasteiger partial charge in [-0.1, -0.05) is 0 Å². The number of rotatable bonds is 4. The van der Waals surface area contributed by atoms with Gasteiger partial charge in [0.1, 0.15) is 6.04 Å². The molecule has 1 aromatic carbocycles. The van der Waals surface area contributed by atoms with Crippen LogP contribution in [0.15, 0.2) is 24.3 Å². The molecule has 7 nitrogen and oxygen atoms in total. The van der Waals surface area contributed by atoms with E-state index in [0.29, 0.717) is 16.6 Å². The van der Waals surface area contributed by atoms with Gasteiger partial charge in [0, 0.05) is 35.9 Å². The van der Waals surface area contributed by atoms with Gasteiger partial charge in [-0.15, -0.1) is 0 Å². The molecule has 0 radical (unpaired) electrons. The van der Waals surface area contributed by atoms with Crippen LogP contribution in [0.2, 0.25) is 0 Å². The Balaban J connectivity index is 2.52. The van der Waals surface area contributed by atoms with E-state index in [0.717, 1.165) is 5.69 Å². The van der Waals surface area contributed by atoms with Crippen molar-refractivity contribution in [2.75, 3.05) is 12.4 Å². The van der Waals surface area contributed by atoms with Gasteiger partial charge >= 0.3 is 0 Å². The fourth-order valence-corrected chi connectivity index (χ4v) is 2.09. The molecule has 0 aliphatic rings. The maximum Gasteiger partial charge on any atom is 0.270 e. The molecule has 21 heavy (non-hydrogen) atoms. The first kappa shape index (κ1) is 14.7. The molecular formula is C14H16N4O3. The number of nitro groups is 1. The number of likely N-dealkylation sites (N-methyl/N-ethyl adjacent to an activating group) is 1. The van der Waals surface area contributed by atoms with Gasteiger partial charge in [0.2, 0.25) is 5.91 Å². The predicted octanol–water partition coefficient (Wildman–Crippen LogP) is 2.00. The lowest BCUT2D eigenvalue weighted by molar-refractivity contribution is -0.384. The largest absolute Gasteiger partial charge is 0.373 e. The Labute approximate surface area is 121 Å². The molecule has 0 saturated heterocycles. The number of anilines is 1. The van der Waals surface area contributed by atoms with E-state index in [1.807, 2.05) is 6.92 Å². The van der Waals surface area contributed by atoms with Crippen LogP contribution in [-0.4, -0.2) is 28.9 Å². The van der Waals surface area contributed by atoms with Gasteiger partial charge in [-0.2, -0.15) is 0 Å². The molecule has 1 heterocycles. The van der Waals surface area contributed by atoms with E-state index < -0.39 is 11.0 Å². The summed E-state index contributed by atoms with van der Waals surface area (Å²) in [5.41, 5.74) is 2.05. The summed E-state index contributed by atoms with van der Waals surface area (Å²) in [5.74, 6) is -0.164. The number of aromatic nitrogens is 1. The average molecular weight is 288 g/mol. The predicted molar refractivity (Wildman–Crippen MR) is 80.3 cm³/mol. The lowest BCUT2D eigenvalue weighted by atomic mass is 10.1.